The molecule has 1 fully saturated rings. The number of carbonyl (C=O) groups is 1. The predicted octanol–water partition coefficient (Wildman–Crippen LogP) is 4.23. The van der Waals surface area contributed by atoms with E-state index < -0.39 is 35.2 Å². The van der Waals surface area contributed by atoms with Crippen LogP contribution in [0.2, 0.25) is 0 Å². The molecule has 1 N–H and O–H groups in total. The van der Waals surface area contributed by atoms with Crippen molar-refractivity contribution < 1.29 is 27.8 Å². The largest absolute Gasteiger partial charge is 0.458 e. The third-order valence-electron chi connectivity index (χ3n) is 4.88. The van der Waals surface area contributed by atoms with Gasteiger partial charge < -0.3 is 9.84 Å². The number of halogens is 3. The average molecular weight is 324 g/mol. The maximum absolute atomic E-state index is 13.2. The van der Waals surface area contributed by atoms with Gasteiger partial charge in [-0.05, 0) is 46.0 Å². The number of carbonyl (C=O) groups excluding carboxylic acids is 1. The number of alkyl halides is 3. The van der Waals surface area contributed by atoms with Crippen molar-refractivity contribution in [3.8, 4) is 0 Å². The molecule has 0 saturated heterocycles. The normalized spacial score (nSPS) is 22.0. The molecule has 2 atom stereocenters. The van der Waals surface area contributed by atoms with Crippen molar-refractivity contribution in [2.45, 2.75) is 84.1 Å². The third-order valence-corrected chi connectivity index (χ3v) is 4.88. The van der Waals surface area contributed by atoms with Crippen LogP contribution in [-0.4, -0.2) is 29.0 Å². The van der Waals surface area contributed by atoms with Crippen molar-refractivity contribution in [1.82, 2.24) is 0 Å². The molecule has 0 aliphatic heterocycles. The van der Waals surface area contributed by atoms with Crippen LogP contribution in [0.15, 0.2) is 0 Å². The van der Waals surface area contributed by atoms with Crippen LogP contribution in [0, 0.1) is 11.3 Å². The summed E-state index contributed by atoms with van der Waals surface area (Å²) in [5, 5.41) is 10.0. The number of rotatable bonds is 5. The quantitative estimate of drug-likeness (QED) is 0.770. The van der Waals surface area contributed by atoms with Crippen LogP contribution in [0.1, 0.15) is 66.2 Å². The number of ether oxygens (including phenoxy) is 1. The van der Waals surface area contributed by atoms with Crippen molar-refractivity contribution in [3.05, 3.63) is 0 Å². The maximum atomic E-state index is 13.2. The molecule has 0 bridgehead atoms. The van der Waals surface area contributed by atoms with E-state index in [4.69, 9.17) is 4.74 Å². The SMILES string of the molecule is CCC(C)(C)C(=O)OC(C1CCCCC1)C(C)(O)C(F)(F)F. The summed E-state index contributed by atoms with van der Waals surface area (Å²) >= 11 is 0. The van der Waals surface area contributed by atoms with Crippen LogP contribution in [-0.2, 0) is 9.53 Å². The highest BCUT2D eigenvalue weighted by atomic mass is 19.4. The van der Waals surface area contributed by atoms with Crippen LogP contribution >= 0.6 is 0 Å². The van der Waals surface area contributed by atoms with Gasteiger partial charge in [-0.1, -0.05) is 26.2 Å². The lowest BCUT2D eigenvalue weighted by Crippen LogP contribution is -2.57. The van der Waals surface area contributed by atoms with Crippen LogP contribution in [0.4, 0.5) is 13.2 Å². The van der Waals surface area contributed by atoms with Gasteiger partial charge in [0.05, 0.1) is 5.41 Å². The first-order valence-corrected chi connectivity index (χ1v) is 7.93. The van der Waals surface area contributed by atoms with Gasteiger partial charge >= 0.3 is 12.1 Å². The Kier molecular flexibility index (Phi) is 5.93. The molecule has 0 spiro atoms. The topological polar surface area (TPSA) is 46.5 Å². The van der Waals surface area contributed by atoms with E-state index in [-0.39, 0.29) is 0 Å². The van der Waals surface area contributed by atoms with Gasteiger partial charge in [0.15, 0.2) is 5.60 Å². The van der Waals surface area contributed by atoms with Gasteiger partial charge in [0.25, 0.3) is 0 Å². The van der Waals surface area contributed by atoms with Crippen molar-refractivity contribution in [2.24, 2.45) is 11.3 Å². The van der Waals surface area contributed by atoms with Gasteiger partial charge in [0.2, 0.25) is 0 Å². The second kappa shape index (κ2) is 6.77. The van der Waals surface area contributed by atoms with Gasteiger partial charge in [-0.2, -0.15) is 13.2 Å². The molecule has 3 nitrogen and oxygen atoms in total. The molecule has 1 rings (SSSR count). The molecule has 1 aliphatic carbocycles. The first kappa shape index (κ1) is 19.3. The molecule has 0 aromatic rings. The van der Waals surface area contributed by atoms with Crippen LogP contribution < -0.4 is 0 Å². The molecule has 1 aliphatic rings. The summed E-state index contributed by atoms with van der Waals surface area (Å²) in [5.74, 6) is -1.14. The van der Waals surface area contributed by atoms with E-state index in [2.05, 4.69) is 0 Å². The lowest BCUT2D eigenvalue weighted by atomic mass is 9.78. The Morgan fingerprint density at radius 1 is 1.18 bits per heavy atom. The fourth-order valence-electron chi connectivity index (χ4n) is 2.69. The molecule has 0 heterocycles. The molecule has 130 valence electrons. The number of hydrogen-bond donors (Lipinski definition) is 1. The molecular formula is C16H27F3O3. The molecule has 22 heavy (non-hydrogen) atoms. The summed E-state index contributed by atoms with van der Waals surface area (Å²) in [7, 11) is 0. The highest BCUT2D eigenvalue weighted by molar-refractivity contribution is 5.76. The van der Waals surface area contributed by atoms with E-state index in [1.165, 1.54) is 0 Å². The minimum absolute atomic E-state index is 0.456. The Hall–Kier alpha value is -0.780. The Morgan fingerprint density at radius 3 is 2.09 bits per heavy atom. The first-order chi connectivity index (χ1) is 9.93. The van der Waals surface area contributed by atoms with Crippen molar-refractivity contribution in [2.75, 3.05) is 0 Å². The van der Waals surface area contributed by atoms with E-state index in [0.29, 0.717) is 26.2 Å². The fraction of sp³-hybridized carbons (Fsp3) is 0.938. The summed E-state index contributed by atoms with van der Waals surface area (Å²) in [5.41, 5.74) is -3.90. The third kappa shape index (κ3) is 4.15. The van der Waals surface area contributed by atoms with Gasteiger partial charge in [-0.25, -0.2) is 0 Å². The van der Waals surface area contributed by atoms with Crippen molar-refractivity contribution in [3.63, 3.8) is 0 Å². The monoisotopic (exact) mass is 324 g/mol. The highest BCUT2D eigenvalue weighted by Crippen LogP contribution is 2.42. The zero-order chi connectivity index (χ0) is 17.2. The molecule has 0 aromatic heterocycles. The molecule has 6 heteroatoms. The minimum atomic E-state index is -4.84. The second-order valence-electron chi connectivity index (χ2n) is 7.11. The molecule has 0 amide bonds. The minimum Gasteiger partial charge on any atom is -0.458 e. The van der Waals surface area contributed by atoms with E-state index in [1.54, 1.807) is 20.8 Å². The molecule has 0 aromatic carbocycles. The Bertz CT molecular complexity index is 383. The lowest BCUT2D eigenvalue weighted by molar-refractivity contribution is -0.294. The Balaban J connectivity index is 3.04. The molecule has 2 unspecified atom stereocenters. The van der Waals surface area contributed by atoms with E-state index in [0.717, 1.165) is 19.3 Å². The number of hydrogen-bond acceptors (Lipinski definition) is 3. The van der Waals surface area contributed by atoms with Crippen LogP contribution in [0.25, 0.3) is 0 Å². The summed E-state index contributed by atoms with van der Waals surface area (Å²) in [4.78, 5) is 12.2. The van der Waals surface area contributed by atoms with Crippen molar-refractivity contribution >= 4 is 5.97 Å². The van der Waals surface area contributed by atoms with Gasteiger partial charge in [0.1, 0.15) is 6.10 Å². The second-order valence-corrected chi connectivity index (χ2v) is 7.11. The van der Waals surface area contributed by atoms with Crippen LogP contribution in [0.3, 0.4) is 0 Å². The first-order valence-electron chi connectivity index (χ1n) is 7.93. The van der Waals surface area contributed by atoms with Gasteiger partial charge in [0, 0.05) is 0 Å². The van der Waals surface area contributed by atoms with Gasteiger partial charge in [-0.3, -0.25) is 4.79 Å². The Labute approximate surface area is 130 Å². The van der Waals surface area contributed by atoms with E-state index in [1.807, 2.05) is 0 Å². The summed E-state index contributed by atoms with van der Waals surface area (Å²) in [6.45, 7) is 5.75. The Morgan fingerprint density at radius 2 is 1.68 bits per heavy atom. The van der Waals surface area contributed by atoms with E-state index >= 15 is 0 Å². The summed E-state index contributed by atoms with van der Waals surface area (Å²) in [6.07, 6.45) is -2.30. The molecule has 0 radical (unpaired) electrons. The summed E-state index contributed by atoms with van der Waals surface area (Å²) in [6, 6.07) is 0. The van der Waals surface area contributed by atoms with Crippen LogP contribution in [0.5, 0.6) is 0 Å². The molecular weight excluding hydrogens is 297 g/mol. The standard InChI is InChI=1S/C16H27F3O3/c1-5-14(2,3)13(20)22-12(11-9-7-6-8-10-11)15(4,21)16(17,18)19/h11-12,21H,5-10H2,1-4H3. The lowest BCUT2D eigenvalue weighted by Gasteiger charge is -2.41. The maximum Gasteiger partial charge on any atom is 0.420 e. The highest BCUT2D eigenvalue weighted by Gasteiger charge is 2.59. The fourth-order valence-corrected chi connectivity index (χ4v) is 2.69. The summed E-state index contributed by atoms with van der Waals surface area (Å²) < 4.78 is 44.9. The zero-order valence-electron chi connectivity index (χ0n) is 13.8. The zero-order valence-corrected chi connectivity index (χ0v) is 13.8. The van der Waals surface area contributed by atoms with Gasteiger partial charge in [-0.15, -0.1) is 0 Å². The van der Waals surface area contributed by atoms with Crippen molar-refractivity contribution in [1.29, 1.82) is 0 Å². The molecule has 1 saturated carbocycles. The number of esters is 1. The average Bonchev–Trinajstić information content (AvgIpc) is 2.43. The number of aliphatic hydroxyl groups is 1. The van der Waals surface area contributed by atoms with E-state index in [9.17, 15) is 23.1 Å². The smallest absolute Gasteiger partial charge is 0.420 e. The predicted molar refractivity (Wildman–Crippen MR) is 77.2 cm³/mol.